The number of benzene rings is 1. The summed E-state index contributed by atoms with van der Waals surface area (Å²) in [5.74, 6) is -2.63. The summed E-state index contributed by atoms with van der Waals surface area (Å²) in [5, 5.41) is 2.76. The Bertz CT molecular complexity index is 494. The molecule has 1 amide bonds. The molecule has 1 aliphatic rings. The van der Waals surface area contributed by atoms with Gasteiger partial charge in [-0.3, -0.25) is 4.79 Å². The first-order valence-corrected chi connectivity index (χ1v) is 6.09. The monoisotopic (exact) mass is 270 g/mol. The van der Waals surface area contributed by atoms with E-state index in [1.807, 2.05) is 0 Å². The van der Waals surface area contributed by atoms with Crippen molar-refractivity contribution in [3.8, 4) is 0 Å². The number of carbonyl (C=O) groups excluding carboxylic acids is 1. The molecule has 0 bridgehead atoms. The van der Waals surface area contributed by atoms with Crippen molar-refractivity contribution in [1.29, 1.82) is 0 Å². The van der Waals surface area contributed by atoms with E-state index in [9.17, 15) is 13.6 Å². The first-order chi connectivity index (χ1) is 9.01. The highest BCUT2D eigenvalue weighted by atomic mass is 19.2. The molecule has 2 atom stereocenters. The summed E-state index contributed by atoms with van der Waals surface area (Å²) in [6.07, 6.45) is 2.52. The number of ether oxygens (including phenoxy) is 1. The zero-order valence-corrected chi connectivity index (χ0v) is 10.6. The second-order valence-corrected chi connectivity index (χ2v) is 4.69. The second kappa shape index (κ2) is 5.52. The Morgan fingerprint density at radius 2 is 2.05 bits per heavy atom. The van der Waals surface area contributed by atoms with E-state index in [1.54, 1.807) is 7.11 Å². The van der Waals surface area contributed by atoms with Crippen LogP contribution in [0.1, 0.15) is 29.6 Å². The largest absolute Gasteiger partial charge is 0.398 e. The summed E-state index contributed by atoms with van der Waals surface area (Å²) < 4.78 is 31.2. The maximum absolute atomic E-state index is 13.1. The number of carbonyl (C=O) groups is 1. The van der Waals surface area contributed by atoms with E-state index in [4.69, 9.17) is 10.5 Å². The van der Waals surface area contributed by atoms with Crippen LogP contribution in [0.25, 0.3) is 0 Å². The number of halogens is 2. The van der Waals surface area contributed by atoms with E-state index in [0.29, 0.717) is 6.42 Å². The lowest BCUT2D eigenvalue weighted by Crippen LogP contribution is -2.34. The lowest BCUT2D eigenvalue weighted by Gasteiger charge is -2.14. The van der Waals surface area contributed by atoms with E-state index in [0.717, 1.165) is 25.0 Å². The van der Waals surface area contributed by atoms with Crippen molar-refractivity contribution in [1.82, 2.24) is 5.32 Å². The molecule has 1 aromatic rings. The van der Waals surface area contributed by atoms with Gasteiger partial charge in [0, 0.05) is 24.9 Å². The molecule has 0 spiro atoms. The molecule has 2 unspecified atom stereocenters. The molecule has 4 nitrogen and oxygen atoms in total. The van der Waals surface area contributed by atoms with Crippen LogP contribution in [-0.2, 0) is 4.74 Å². The van der Waals surface area contributed by atoms with Crippen molar-refractivity contribution >= 4 is 11.6 Å². The Labute approximate surface area is 109 Å². The molecule has 6 heteroatoms. The molecule has 19 heavy (non-hydrogen) atoms. The number of amides is 1. The Morgan fingerprint density at radius 3 is 2.68 bits per heavy atom. The molecule has 0 radical (unpaired) electrons. The van der Waals surface area contributed by atoms with Crippen molar-refractivity contribution in [3.05, 3.63) is 29.3 Å². The quantitative estimate of drug-likeness (QED) is 0.824. The number of rotatable bonds is 3. The Kier molecular flexibility index (Phi) is 3.99. The Balaban J connectivity index is 2.06. The van der Waals surface area contributed by atoms with Gasteiger partial charge in [-0.05, 0) is 25.3 Å². The van der Waals surface area contributed by atoms with Crippen molar-refractivity contribution < 1.29 is 18.3 Å². The Hall–Kier alpha value is -1.69. The van der Waals surface area contributed by atoms with Gasteiger partial charge in [0.15, 0.2) is 11.6 Å². The van der Waals surface area contributed by atoms with E-state index >= 15 is 0 Å². The van der Waals surface area contributed by atoms with Gasteiger partial charge in [-0.1, -0.05) is 0 Å². The van der Waals surface area contributed by atoms with Gasteiger partial charge in [-0.2, -0.15) is 0 Å². The highest BCUT2D eigenvalue weighted by Crippen LogP contribution is 2.23. The zero-order chi connectivity index (χ0) is 14.0. The summed E-state index contributed by atoms with van der Waals surface area (Å²) in [6, 6.07) is 1.62. The number of nitrogens with one attached hydrogen (secondary N) is 1. The number of hydrogen-bond donors (Lipinski definition) is 2. The van der Waals surface area contributed by atoms with Gasteiger partial charge in [0.2, 0.25) is 0 Å². The highest BCUT2D eigenvalue weighted by molar-refractivity contribution is 5.99. The molecule has 3 N–H and O–H groups in total. The molecule has 1 saturated carbocycles. The van der Waals surface area contributed by atoms with Gasteiger partial charge >= 0.3 is 0 Å². The summed E-state index contributed by atoms with van der Waals surface area (Å²) in [6.45, 7) is 0. The average Bonchev–Trinajstić information content (AvgIpc) is 2.81. The zero-order valence-electron chi connectivity index (χ0n) is 10.6. The number of hydrogen-bond acceptors (Lipinski definition) is 3. The van der Waals surface area contributed by atoms with Crippen LogP contribution in [0, 0.1) is 11.6 Å². The van der Waals surface area contributed by atoms with Crippen LogP contribution in [0.2, 0.25) is 0 Å². The molecule has 0 saturated heterocycles. The minimum atomic E-state index is -1.08. The SMILES string of the molecule is COC1CCC(NC(=O)c2cc(F)c(F)cc2N)C1. The summed E-state index contributed by atoms with van der Waals surface area (Å²) >= 11 is 0. The summed E-state index contributed by atoms with van der Waals surface area (Å²) in [4.78, 5) is 12.0. The van der Waals surface area contributed by atoms with Crippen molar-refractivity contribution in [2.75, 3.05) is 12.8 Å². The summed E-state index contributed by atoms with van der Waals surface area (Å²) in [5.41, 5.74) is 5.41. The fraction of sp³-hybridized carbons (Fsp3) is 0.462. The fourth-order valence-electron chi connectivity index (χ4n) is 2.31. The van der Waals surface area contributed by atoms with Gasteiger partial charge in [0.25, 0.3) is 5.91 Å². The lowest BCUT2D eigenvalue weighted by atomic mass is 10.1. The predicted molar refractivity (Wildman–Crippen MR) is 66.7 cm³/mol. The molecule has 0 heterocycles. The first kappa shape index (κ1) is 13.7. The molecule has 1 aliphatic carbocycles. The van der Waals surface area contributed by atoms with Crippen molar-refractivity contribution in [2.45, 2.75) is 31.4 Å². The topological polar surface area (TPSA) is 64.3 Å². The van der Waals surface area contributed by atoms with Gasteiger partial charge in [-0.25, -0.2) is 8.78 Å². The van der Waals surface area contributed by atoms with E-state index in [-0.39, 0.29) is 23.4 Å². The van der Waals surface area contributed by atoms with E-state index in [1.165, 1.54) is 0 Å². The third kappa shape index (κ3) is 3.01. The lowest BCUT2D eigenvalue weighted by molar-refractivity contribution is 0.0915. The third-order valence-corrected chi connectivity index (χ3v) is 3.39. The maximum Gasteiger partial charge on any atom is 0.253 e. The van der Waals surface area contributed by atoms with Crippen molar-refractivity contribution in [2.24, 2.45) is 0 Å². The number of nitrogens with two attached hydrogens (primary N) is 1. The summed E-state index contributed by atoms with van der Waals surface area (Å²) in [7, 11) is 1.63. The molecular formula is C13H16F2N2O2. The van der Waals surface area contributed by atoms with Crippen LogP contribution in [0.15, 0.2) is 12.1 Å². The number of methoxy groups -OCH3 is 1. The molecule has 2 rings (SSSR count). The van der Waals surface area contributed by atoms with Crippen LogP contribution in [0.3, 0.4) is 0 Å². The van der Waals surface area contributed by atoms with Gasteiger partial charge in [0.05, 0.1) is 11.7 Å². The maximum atomic E-state index is 13.1. The third-order valence-electron chi connectivity index (χ3n) is 3.39. The Morgan fingerprint density at radius 1 is 1.37 bits per heavy atom. The van der Waals surface area contributed by atoms with Gasteiger partial charge < -0.3 is 15.8 Å². The normalized spacial score (nSPS) is 22.5. The standard InChI is InChI=1S/C13H16F2N2O2/c1-19-8-3-2-7(4-8)17-13(18)9-5-10(14)11(15)6-12(9)16/h5-8H,2-4,16H2,1H3,(H,17,18). The van der Waals surface area contributed by atoms with Crippen molar-refractivity contribution in [3.63, 3.8) is 0 Å². The molecular weight excluding hydrogens is 254 g/mol. The van der Waals surface area contributed by atoms with Crippen LogP contribution >= 0.6 is 0 Å². The first-order valence-electron chi connectivity index (χ1n) is 6.09. The van der Waals surface area contributed by atoms with Gasteiger partial charge in [0.1, 0.15) is 0 Å². The number of nitrogen functional groups attached to an aromatic ring is 1. The smallest absolute Gasteiger partial charge is 0.253 e. The van der Waals surface area contributed by atoms with E-state index in [2.05, 4.69) is 5.32 Å². The highest BCUT2D eigenvalue weighted by Gasteiger charge is 2.26. The van der Waals surface area contributed by atoms with Gasteiger partial charge in [-0.15, -0.1) is 0 Å². The van der Waals surface area contributed by atoms with Crippen LogP contribution in [0.5, 0.6) is 0 Å². The van der Waals surface area contributed by atoms with Crippen LogP contribution in [-0.4, -0.2) is 25.2 Å². The minimum Gasteiger partial charge on any atom is -0.398 e. The molecule has 1 aromatic carbocycles. The van der Waals surface area contributed by atoms with Crippen LogP contribution in [0.4, 0.5) is 14.5 Å². The average molecular weight is 270 g/mol. The molecule has 0 aliphatic heterocycles. The molecule has 0 aromatic heterocycles. The van der Waals surface area contributed by atoms with Crippen LogP contribution < -0.4 is 11.1 Å². The predicted octanol–water partition coefficient (Wildman–Crippen LogP) is 1.84. The number of anilines is 1. The molecule has 104 valence electrons. The second-order valence-electron chi connectivity index (χ2n) is 4.69. The molecule has 1 fully saturated rings. The minimum absolute atomic E-state index is 0.0232. The van der Waals surface area contributed by atoms with E-state index < -0.39 is 17.5 Å². The fourth-order valence-corrected chi connectivity index (χ4v) is 2.31.